The van der Waals surface area contributed by atoms with Crippen LogP contribution in [0.25, 0.3) is 0 Å². The topological polar surface area (TPSA) is 75.4 Å². The van der Waals surface area contributed by atoms with Crippen molar-refractivity contribution in [1.29, 1.82) is 0 Å². The molecule has 0 aliphatic heterocycles. The summed E-state index contributed by atoms with van der Waals surface area (Å²) < 4.78 is 0. The summed E-state index contributed by atoms with van der Waals surface area (Å²) in [6.07, 6.45) is 2.04. The second-order valence-electron chi connectivity index (χ2n) is 3.48. The molecule has 0 radical (unpaired) electrons. The van der Waals surface area contributed by atoms with Gasteiger partial charge in [0.15, 0.2) is 0 Å². The lowest BCUT2D eigenvalue weighted by Gasteiger charge is -2.10. The summed E-state index contributed by atoms with van der Waals surface area (Å²) in [6, 6.07) is 6.26. The standard InChI is InChI=1S/C12H16N2O2/c1-2-5-10(13)12(16)14-8-9-6-3-4-7-11(9)15/h2-4,6-7,10,15H,1,5,8,13H2,(H,14,16). The van der Waals surface area contributed by atoms with Gasteiger partial charge in [-0.3, -0.25) is 4.79 Å². The highest BCUT2D eigenvalue weighted by Crippen LogP contribution is 2.14. The quantitative estimate of drug-likeness (QED) is 0.646. The highest BCUT2D eigenvalue weighted by molar-refractivity contribution is 5.81. The Hall–Kier alpha value is -1.81. The van der Waals surface area contributed by atoms with E-state index in [1.807, 2.05) is 0 Å². The number of phenolic OH excluding ortho intramolecular Hbond substituents is 1. The van der Waals surface area contributed by atoms with Crippen molar-refractivity contribution in [3.05, 3.63) is 42.5 Å². The number of hydrogen-bond acceptors (Lipinski definition) is 3. The van der Waals surface area contributed by atoms with Crippen LogP contribution in [0.1, 0.15) is 12.0 Å². The van der Waals surface area contributed by atoms with Gasteiger partial charge in [-0.15, -0.1) is 6.58 Å². The van der Waals surface area contributed by atoms with Crippen LogP contribution in [0.5, 0.6) is 5.75 Å². The molecule has 16 heavy (non-hydrogen) atoms. The lowest BCUT2D eigenvalue weighted by Crippen LogP contribution is -2.39. The maximum absolute atomic E-state index is 11.5. The molecular weight excluding hydrogens is 204 g/mol. The summed E-state index contributed by atoms with van der Waals surface area (Å²) in [5, 5.41) is 12.1. The molecule has 1 aromatic carbocycles. The number of amides is 1. The van der Waals surface area contributed by atoms with Gasteiger partial charge in [0.1, 0.15) is 5.75 Å². The zero-order chi connectivity index (χ0) is 12.0. The molecule has 86 valence electrons. The molecule has 0 heterocycles. The van der Waals surface area contributed by atoms with Gasteiger partial charge in [0.25, 0.3) is 0 Å². The molecule has 1 amide bonds. The van der Waals surface area contributed by atoms with Crippen LogP contribution in [0.4, 0.5) is 0 Å². The molecule has 0 saturated heterocycles. The first-order valence-electron chi connectivity index (χ1n) is 5.06. The summed E-state index contributed by atoms with van der Waals surface area (Å²) in [6.45, 7) is 3.79. The number of carbonyl (C=O) groups excluding carboxylic acids is 1. The Kier molecular flexibility index (Phi) is 4.54. The van der Waals surface area contributed by atoms with E-state index in [-0.39, 0.29) is 18.2 Å². The van der Waals surface area contributed by atoms with Gasteiger partial charge in [-0.1, -0.05) is 24.3 Å². The van der Waals surface area contributed by atoms with E-state index in [9.17, 15) is 9.90 Å². The monoisotopic (exact) mass is 220 g/mol. The van der Waals surface area contributed by atoms with Crippen LogP contribution in [-0.2, 0) is 11.3 Å². The van der Waals surface area contributed by atoms with Gasteiger partial charge < -0.3 is 16.2 Å². The second-order valence-corrected chi connectivity index (χ2v) is 3.48. The van der Waals surface area contributed by atoms with Crippen LogP contribution < -0.4 is 11.1 Å². The Morgan fingerprint density at radius 2 is 2.25 bits per heavy atom. The Labute approximate surface area is 94.8 Å². The number of nitrogens with two attached hydrogens (primary N) is 1. The largest absolute Gasteiger partial charge is 0.508 e. The number of benzene rings is 1. The second kappa shape index (κ2) is 5.92. The minimum Gasteiger partial charge on any atom is -0.508 e. The van der Waals surface area contributed by atoms with Crippen LogP contribution in [0, 0.1) is 0 Å². The first kappa shape index (κ1) is 12.3. The minimum atomic E-state index is -0.580. The first-order valence-corrected chi connectivity index (χ1v) is 5.06. The van der Waals surface area contributed by atoms with Crippen LogP contribution >= 0.6 is 0 Å². The van der Waals surface area contributed by atoms with Crippen molar-refractivity contribution in [3.8, 4) is 5.75 Å². The van der Waals surface area contributed by atoms with Crippen molar-refractivity contribution in [1.82, 2.24) is 5.32 Å². The zero-order valence-electron chi connectivity index (χ0n) is 9.02. The van der Waals surface area contributed by atoms with Gasteiger partial charge in [-0.05, 0) is 12.5 Å². The smallest absolute Gasteiger partial charge is 0.237 e. The van der Waals surface area contributed by atoms with E-state index in [0.29, 0.717) is 12.0 Å². The van der Waals surface area contributed by atoms with E-state index in [0.717, 1.165) is 0 Å². The molecule has 0 aliphatic rings. The molecule has 4 N–H and O–H groups in total. The van der Waals surface area contributed by atoms with Crippen LogP contribution in [0.15, 0.2) is 36.9 Å². The van der Waals surface area contributed by atoms with Crippen LogP contribution in [0.3, 0.4) is 0 Å². The third-order valence-corrected chi connectivity index (χ3v) is 2.20. The number of para-hydroxylation sites is 1. The number of hydrogen-bond donors (Lipinski definition) is 3. The molecule has 4 heteroatoms. The van der Waals surface area contributed by atoms with Gasteiger partial charge in [0, 0.05) is 12.1 Å². The predicted molar refractivity (Wildman–Crippen MR) is 62.7 cm³/mol. The molecular formula is C12H16N2O2. The van der Waals surface area contributed by atoms with Crippen LogP contribution in [-0.4, -0.2) is 17.1 Å². The summed E-state index contributed by atoms with van der Waals surface area (Å²) in [5.74, 6) is -0.0803. The molecule has 1 aromatic rings. The van der Waals surface area contributed by atoms with E-state index >= 15 is 0 Å². The highest BCUT2D eigenvalue weighted by Gasteiger charge is 2.11. The van der Waals surface area contributed by atoms with Crippen molar-refractivity contribution < 1.29 is 9.90 Å². The van der Waals surface area contributed by atoms with E-state index in [2.05, 4.69) is 11.9 Å². The van der Waals surface area contributed by atoms with Gasteiger partial charge in [-0.2, -0.15) is 0 Å². The highest BCUT2D eigenvalue weighted by atomic mass is 16.3. The third-order valence-electron chi connectivity index (χ3n) is 2.20. The maximum atomic E-state index is 11.5. The average molecular weight is 220 g/mol. The SMILES string of the molecule is C=CCC(N)C(=O)NCc1ccccc1O. The van der Waals surface area contributed by atoms with Gasteiger partial charge in [-0.25, -0.2) is 0 Å². The molecule has 1 unspecified atom stereocenters. The van der Waals surface area contributed by atoms with E-state index < -0.39 is 6.04 Å². The molecule has 4 nitrogen and oxygen atoms in total. The molecule has 0 fully saturated rings. The fraction of sp³-hybridized carbons (Fsp3) is 0.250. The lowest BCUT2D eigenvalue weighted by molar-refractivity contribution is -0.122. The maximum Gasteiger partial charge on any atom is 0.237 e. The van der Waals surface area contributed by atoms with E-state index in [1.54, 1.807) is 30.3 Å². The Bertz CT molecular complexity index is 377. The minimum absolute atomic E-state index is 0.167. The number of phenols is 1. The molecule has 1 rings (SSSR count). The van der Waals surface area contributed by atoms with Gasteiger partial charge in [0.2, 0.25) is 5.91 Å². The Morgan fingerprint density at radius 3 is 2.88 bits per heavy atom. The first-order chi connectivity index (χ1) is 7.65. The number of rotatable bonds is 5. The summed E-state index contributed by atoms with van der Waals surface area (Å²) >= 11 is 0. The molecule has 0 aromatic heterocycles. The molecule has 1 atom stereocenters. The van der Waals surface area contributed by atoms with Crippen molar-refractivity contribution in [3.63, 3.8) is 0 Å². The average Bonchev–Trinajstić information content (AvgIpc) is 2.28. The predicted octanol–water partition coefficient (Wildman–Crippen LogP) is 0.912. The normalized spacial score (nSPS) is 11.8. The van der Waals surface area contributed by atoms with Crippen molar-refractivity contribution in [2.45, 2.75) is 19.0 Å². The fourth-order valence-electron chi connectivity index (χ4n) is 1.26. The fourth-order valence-corrected chi connectivity index (χ4v) is 1.26. The number of carbonyl (C=O) groups is 1. The Balaban J connectivity index is 2.49. The van der Waals surface area contributed by atoms with Crippen LogP contribution in [0.2, 0.25) is 0 Å². The molecule has 0 spiro atoms. The number of nitrogens with one attached hydrogen (secondary N) is 1. The number of aromatic hydroxyl groups is 1. The van der Waals surface area contributed by atoms with E-state index in [4.69, 9.17) is 5.73 Å². The summed E-state index contributed by atoms with van der Waals surface area (Å²) in [5.41, 5.74) is 6.25. The van der Waals surface area contributed by atoms with Gasteiger partial charge >= 0.3 is 0 Å². The van der Waals surface area contributed by atoms with Crippen molar-refractivity contribution in [2.75, 3.05) is 0 Å². The summed E-state index contributed by atoms with van der Waals surface area (Å²) in [7, 11) is 0. The van der Waals surface area contributed by atoms with Gasteiger partial charge in [0.05, 0.1) is 6.04 Å². The third kappa shape index (κ3) is 3.40. The van der Waals surface area contributed by atoms with E-state index in [1.165, 1.54) is 0 Å². The van der Waals surface area contributed by atoms with Crippen molar-refractivity contribution >= 4 is 5.91 Å². The summed E-state index contributed by atoms with van der Waals surface area (Å²) in [4.78, 5) is 11.5. The van der Waals surface area contributed by atoms with Crippen molar-refractivity contribution in [2.24, 2.45) is 5.73 Å². The Morgan fingerprint density at radius 1 is 1.56 bits per heavy atom. The lowest BCUT2D eigenvalue weighted by atomic mass is 10.1. The zero-order valence-corrected chi connectivity index (χ0v) is 9.02. The molecule has 0 saturated carbocycles. The molecule has 0 bridgehead atoms. The molecule has 0 aliphatic carbocycles.